The number of piperazine rings is 1. The summed E-state index contributed by atoms with van der Waals surface area (Å²) in [6.45, 7) is 5.61. The van der Waals surface area contributed by atoms with Crippen molar-refractivity contribution in [3.8, 4) is 5.75 Å². The van der Waals surface area contributed by atoms with Gasteiger partial charge in [-0.3, -0.25) is 4.79 Å². The van der Waals surface area contributed by atoms with Crippen molar-refractivity contribution >= 4 is 26.0 Å². The Bertz CT molecular complexity index is 1300. The van der Waals surface area contributed by atoms with Crippen LogP contribution in [0.25, 0.3) is 0 Å². The molecule has 1 amide bonds. The summed E-state index contributed by atoms with van der Waals surface area (Å²) >= 11 is 0. The van der Waals surface area contributed by atoms with Crippen LogP contribution in [0.1, 0.15) is 27.0 Å². The van der Waals surface area contributed by atoms with Crippen molar-refractivity contribution in [3.05, 3.63) is 52.6 Å². The van der Waals surface area contributed by atoms with E-state index < -0.39 is 20.0 Å². The second-order valence-corrected chi connectivity index (χ2v) is 12.4. The normalized spacial score (nSPS) is 15.8. The standard InChI is InChI=1S/C22H29N3O6S2/c1-15-6-7-19(26)21(12-15)33(30,31)25-10-8-24(9-11-25)22(27)18-13-16(2)17(3)20(14-18)32(28,29)23(4)5/h6-7,12-14,26H,8-11H2,1-5H3. The number of sulfonamides is 2. The number of aromatic hydroxyl groups is 1. The van der Waals surface area contributed by atoms with Crippen LogP contribution in [0, 0.1) is 20.8 Å². The Balaban J connectivity index is 1.83. The van der Waals surface area contributed by atoms with Crippen LogP contribution in [0.3, 0.4) is 0 Å². The van der Waals surface area contributed by atoms with E-state index in [0.717, 1.165) is 4.31 Å². The maximum atomic E-state index is 13.1. The van der Waals surface area contributed by atoms with Crippen LogP contribution in [-0.4, -0.2) is 81.6 Å². The summed E-state index contributed by atoms with van der Waals surface area (Å²) in [6.07, 6.45) is 0. The first-order chi connectivity index (χ1) is 15.3. The average Bonchev–Trinajstić information content (AvgIpc) is 2.76. The molecule has 0 bridgehead atoms. The lowest BCUT2D eigenvalue weighted by Gasteiger charge is -2.34. The van der Waals surface area contributed by atoms with Crippen molar-refractivity contribution in [2.45, 2.75) is 30.6 Å². The first kappa shape index (κ1) is 25.2. The molecule has 0 saturated carbocycles. The number of hydrogen-bond donors (Lipinski definition) is 1. The Kier molecular flexibility index (Phi) is 6.90. The van der Waals surface area contributed by atoms with Gasteiger partial charge in [-0.1, -0.05) is 6.07 Å². The van der Waals surface area contributed by atoms with Gasteiger partial charge in [-0.25, -0.2) is 21.1 Å². The number of carbonyl (C=O) groups is 1. The fraction of sp³-hybridized carbons (Fsp3) is 0.409. The van der Waals surface area contributed by atoms with E-state index in [2.05, 4.69) is 0 Å². The number of phenolic OH excluding ortho intramolecular Hbond substituents is 1. The Hall–Kier alpha value is -2.47. The number of amides is 1. The molecule has 0 atom stereocenters. The van der Waals surface area contributed by atoms with Gasteiger partial charge in [0.05, 0.1) is 4.90 Å². The van der Waals surface area contributed by atoms with E-state index >= 15 is 0 Å². The molecule has 1 saturated heterocycles. The van der Waals surface area contributed by atoms with Gasteiger partial charge in [0.15, 0.2) is 0 Å². The van der Waals surface area contributed by atoms with Crippen LogP contribution < -0.4 is 0 Å². The van der Waals surface area contributed by atoms with Gasteiger partial charge in [0, 0.05) is 45.8 Å². The number of benzene rings is 2. The second-order valence-electron chi connectivity index (χ2n) is 8.37. The van der Waals surface area contributed by atoms with Crippen LogP contribution >= 0.6 is 0 Å². The number of rotatable bonds is 5. The predicted octanol–water partition coefficient (Wildman–Crippen LogP) is 1.71. The first-order valence-electron chi connectivity index (χ1n) is 10.4. The van der Waals surface area contributed by atoms with Crippen molar-refractivity contribution < 1.29 is 26.7 Å². The van der Waals surface area contributed by atoms with E-state index in [4.69, 9.17) is 0 Å². The third-order valence-electron chi connectivity index (χ3n) is 5.88. The van der Waals surface area contributed by atoms with E-state index in [9.17, 15) is 26.7 Å². The Morgan fingerprint density at radius 3 is 2.09 bits per heavy atom. The maximum Gasteiger partial charge on any atom is 0.253 e. The average molecular weight is 496 g/mol. The molecular formula is C22H29N3O6S2. The molecule has 2 aromatic rings. The van der Waals surface area contributed by atoms with Gasteiger partial charge in [0.2, 0.25) is 20.0 Å². The van der Waals surface area contributed by atoms with Crippen molar-refractivity contribution in [2.75, 3.05) is 40.3 Å². The third-order valence-corrected chi connectivity index (χ3v) is 9.75. The highest BCUT2D eigenvalue weighted by molar-refractivity contribution is 7.89. The topological polar surface area (TPSA) is 115 Å². The summed E-state index contributed by atoms with van der Waals surface area (Å²) in [4.78, 5) is 14.6. The summed E-state index contributed by atoms with van der Waals surface area (Å²) < 4.78 is 53.8. The molecule has 0 aromatic heterocycles. The van der Waals surface area contributed by atoms with E-state index in [1.54, 1.807) is 32.9 Å². The number of carbonyl (C=O) groups excluding carboxylic acids is 1. The number of aryl methyl sites for hydroxylation is 2. The molecule has 1 aliphatic rings. The van der Waals surface area contributed by atoms with E-state index in [-0.39, 0.29) is 53.2 Å². The molecule has 180 valence electrons. The fourth-order valence-electron chi connectivity index (χ4n) is 3.70. The lowest BCUT2D eigenvalue weighted by molar-refractivity contribution is 0.0697. The van der Waals surface area contributed by atoms with Gasteiger partial charge in [-0.05, 0) is 61.7 Å². The highest BCUT2D eigenvalue weighted by atomic mass is 32.2. The Morgan fingerprint density at radius 2 is 1.52 bits per heavy atom. The Morgan fingerprint density at radius 1 is 0.909 bits per heavy atom. The first-order valence-corrected chi connectivity index (χ1v) is 13.3. The van der Waals surface area contributed by atoms with Crippen LogP contribution in [0.15, 0.2) is 40.1 Å². The molecular weight excluding hydrogens is 466 g/mol. The van der Waals surface area contributed by atoms with Crippen LogP contribution in [-0.2, 0) is 20.0 Å². The summed E-state index contributed by atoms with van der Waals surface area (Å²) in [6, 6.07) is 7.43. The molecule has 0 radical (unpaired) electrons. The van der Waals surface area contributed by atoms with E-state index in [1.807, 2.05) is 0 Å². The molecule has 2 aromatic carbocycles. The summed E-state index contributed by atoms with van der Waals surface area (Å²) in [5.74, 6) is -0.673. The zero-order valence-electron chi connectivity index (χ0n) is 19.4. The SMILES string of the molecule is Cc1ccc(O)c(S(=O)(=O)N2CCN(C(=O)c3cc(C)c(C)c(S(=O)(=O)N(C)C)c3)CC2)c1. The predicted molar refractivity (Wildman–Crippen MR) is 124 cm³/mol. The molecule has 1 fully saturated rings. The summed E-state index contributed by atoms with van der Waals surface area (Å²) in [5, 5.41) is 10.0. The van der Waals surface area contributed by atoms with Crippen LogP contribution in [0.5, 0.6) is 5.75 Å². The minimum atomic E-state index is -3.92. The molecule has 11 heteroatoms. The fourth-order valence-corrected chi connectivity index (χ4v) is 6.50. The van der Waals surface area contributed by atoms with Gasteiger partial charge in [0.1, 0.15) is 10.6 Å². The van der Waals surface area contributed by atoms with Gasteiger partial charge in [0.25, 0.3) is 5.91 Å². The number of phenols is 1. The second kappa shape index (κ2) is 9.05. The maximum absolute atomic E-state index is 13.1. The smallest absolute Gasteiger partial charge is 0.253 e. The molecule has 33 heavy (non-hydrogen) atoms. The van der Waals surface area contributed by atoms with Gasteiger partial charge < -0.3 is 10.0 Å². The molecule has 0 unspecified atom stereocenters. The van der Waals surface area contributed by atoms with Crippen molar-refractivity contribution in [3.63, 3.8) is 0 Å². The highest BCUT2D eigenvalue weighted by Crippen LogP contribution is 2.28. The highest BCUT2D eigenvalue weighted by Gasteiger charge is 2.33. The van der Waals surface area contributed by atoms with E-state index in [0.29, 0.717) is 16.7 Å². The largest absolute Gasteiger partial charge is 0.507 e. The molecule has 0 aliphatic carbocycles. The zero-order valence-corrected chi connectivity index (χ0v) is 21.0. The molecule has 0 spiro atoms. The minimum Gasteiger partial charge on any atom is -0.507 e. The van der Waals surface area contributed by atoms with Gasteiger partial charge in [-0.15, -0.1) is 0 Å². The minimum absolute atomic E-state index is 0.0646. The summed E-state index contributed by atoms with van der Waals surface area (Å²) in [7, 11) is -4.78. The van der Waals surface area contributed by atoms with Gasteiger partial charge in [-0.2, -0.15) is 4.31 Å². The van der Waals surface area contributed by atoms with E-state index in [1.165, 1.54) is 41.5 Å². The molecule has 9 nitrogen and oxygen atoms in total. The van der Waals surface area contributed by atoms with Crippen LogP contribution in [0.2, 0.25) is 0 Å². The van der Waals surface area contributed by atoms with Crippen molar-refractivity contribution in [2.24, 2.45) is 0 Å². The molecule has 1 heterocycles. The molecule has 1 N–H and O–H groups in total. The molecule has 1 aliphatic heterocycles. The lowest BCUT2D eigenvalue weighted by atomic mass is 10.1. The van der Waals surface area contributed by atoms with Crippen LogP contribution in [0.4, 0.5) is 0 Å². The quantitative estimate of drug-likeness (QED) is 0.675. The Labute approximate surface area is 195 Å². The van der Waals surface area contributed by atoms with Gasteiger partial charge >= 0.3 is 0 Å². The zero-order chi connectivity index (χ0) is 24.7. The summed E-state index contributed by atoms with van der Waals surface area (Å²) in [5.41, 5.74) is 2.20. The monoisotopic (exact) mass is 495 g/mol. The third kappa shape index (κ3) is 4.77. The number of nitrogens with zero attached hydrogens (tertiary/aromatic N) is 3. The lowest BCUT2D eigenvalue weighted by Crippen LogP contribution is -2.50. The van der Waals surface area contributed by atoms with Crippen molar-refractivity contribution in [1.82, 2.24) is 13.5 Å². The molecule has 3 rings (SSSR count). The number of hydrogen-bond acceptors (Lipinski definition) is 6. The van der Waals surface area contributed by atoms with Crippen molar-refractivity contribution in [1.29, 1.82) is 0 Å².